The first-order valence-corrected chi connectivity index (χ1v) is 6.17. The molecule has 0 unspecified atom stereocenters. The Bertz CT molecular complexity index is 369. The van der Waals surface area contributed by atoms with Crippen molar-refractivity contribution in [2.45, 2.75) is 29.9 Å². The van der Waals surface area contributed by atoms with Gasteiger partial charge in [0, 0.05) is 15.7 Å². The summed E-state index contributed by atoms with van der Waals surface area (Å²) in [6.07, 6.45) is 0. The van der Waals surface area contributed by atoms with Gasteiger partial charge in [-0.25, -0.2) is 0 Å². The largest absolute Gasteiger partial charge is 0.325 e. The van der Waals surface area contributed by atoms with E-state index < -0.39 is 12.5 Å². The number of alkyl halides is 2. The van der Waals surface area contributed by atoms with E-state index in [2.05, 4.69) is 0 Å². The molecule has 0 saturated heterocycles. The fourth-order valence-corrected chi connectivity index (χ4v) is 2.34. The SMILES string of the molecule is CC(C)Sc1ccc(C(F)(F)CN)cc1Cl. The number of rotatable bonds is 4. The molecule has 2 N–H and O–H groups in total. The van der Waals surface area contributed by atoms with Crippen LogP contribution in [-0.2, 0) is 5.92 Å². The van der Waals surface area contributed by atoms with Crippen molar-refractivity contribution < 1.29 is 8.78 Å². The van der Waals surface area contributed by atoms with Crippen LogP contribution in [0.2, 0.25) is 5.02 Å². The lowest BCUT2D eigenvalue weighted by atomic mass is 10.1. The Hall–Kier alpha value is -0.320. The van der Waals surface area contributed by atoms with Crippen molar-refractivity contribution in [1.29, 1.82) is 0 Å². The molecule has 0 saturated carbocycles. The van der Waals surface area contributed by atoms with Crippen LogP contribution < -0.4 is 5.73 Å². The molecule has 0 spiro atoms. The molecule has 0 atom stereocenters. The van der Waals surface area contributed by atoms with Crippen LogP contribution >= 0.6 is 23.4 Å². The van der Waals surface area contributed by atoms with Gasteiger partial charge in [-0.3, -0.25) is 0 Å². The first-order valence-electron chi connectivity index (χ1n) is 4.91. The molecule has 0 heterocycles. The summed E-state index contributed by atoms with van der Waals surface area (Å²) in [5, 5.41) is 0.711. The Balaban J connectivity index is 2.99. The van der Waals surface area contributed by atoms with Crippen LogP contribution in [0.4, 0.5) is 8.78 Å². The molecule has 16 heavy (non-hydrogen) atoms. The lowest BCUT2D eigenvalue weighted by Crippen LogP contribution is -2.24. The van der Waals surface area contributed by atoms with Gasteiger partial charge < -0.3 is 5.73 Å². The van der Waals surface area contributed by atoms with Gasteiger partial charge in [0.2, 0.25) is 0 Å². The Kier molecular flexibility index (Phi) is 4.59. The summed E-state index contributed by atoms with van der Waals surface area (Å²) in [5.74, 6) is -3.01. The average Bonchev–Trinajstić information content (AvgIpc) is 2.20. The summed E-state index contributed by atoms with van der Waals surface area (Å²) in [6, 6.07) is 4.29. The Morgan fingerprint density at radius 1 is 1.44 bits per heavy atom. The summed E-state index contributed by atoms with van der Waals surface area (Å²) >= 11 is 7.49. The van der Waals surface area contributed by atoms with Crippen LogP contribution in [0.3, 0.4) is 0 Å². The van der Waals surface area contributed by atoms with Gasteiger partial charge in [-0.05, 0) is 12.1 Å². The first kappa shape index (κ1) is 13.7. The first-order chi connectivity index (χ1) is 7.36. The van der Waals surface area contributed by atoms with Crippen LogP contribution in [-0.4, -0.2) is 11.8 Å². The highest BCUT2D eigenvalue weighted by Crippen LogP contribution is 2.35. The smallest absolute Gasteiger partial charge is 0.285 e. The number of halogens is 3. The normalized spacial score (nSPS) is 12.2. The molecule has 1 aromatic rings. The minimum atomic E-state index is -3.01. The van der Waals surface area contributed by atoms with Crippen molar-refractivity contribution in [3.05, 3.63) is 28.8 Å². The molecule has 0 aliphatic heterocycles. The molecule has 0 aliphatic carbocycles. The Labute approximate surface area is 103 Å². The highest BCUT2D eigenvalue weighted by molar-refractivity contribution is 8.00. The second kappa shape index (κ2) is 5.34. The van der Waals surface area contributed by atoms with E-state index in [1.165, 1.54) is 12.1 Å². The monoisotopic (exact) mass is 265 g/mol. The Morgan fingerprint density at radius 3 is 2.50 bits per heavy atom. The highest BCUT2D eigenvalue weighted by atomic mass is 35.5. The number of hydrogen-bond acceptors (Lipinski definition) is 2. The molecule has 1 rings (SSSR count). The molecular weight excluding hydrogens is 252 g/mol. The summed E-state index contributed by atoms with van der Waals surface area (Å²) < 4.78 is 26.5. The molecule has 1 aromatic carbocycles. The van der Waals surface area contributed by atoms with Gasteiger partial charge in [-0.1, -0.05) is 31.5 Å². The van der Waals surface area contributed by atoms with E-state index in [1.54, 1.807) is 17.8 Å². The zero-order valence-corrected chi connectivity index (χ0v) is 10.7. The molecule has 1 nitrogen and oxygen atoms in total. The topological polar surface area (TPSA) is 26.0 Å². The van der Waals surface area contributed by atoms with E-state index in [0.29, 0.717) is 10.3 Å². The molecule has 0 aliphatic rings. The number of hydrogen-bond donors (Lipinski definition) is 1. The number of nitrogens with two attached hydrogens (primary N) is 1. The van der Waals surface area contributed by atoms with Gasteiger partial charge in [0.15, 0.2) is 0 Å². The maximum Gasteiger partial charge on any atom is 0.285 e. The van der Waals surface area contributed by atoms with E-state index >= 15 is 0 Å². The molecule has 0 aromatic heterocycles. The quantitative estimate of drug-likeness (QED) is 0.836. The van der Waals surface area contributed by atoms with E-state index in [0.717, 1.165) is 4.90 Å². The van der Waals surface area contributed by atoms with Crippen LogP contribution in [0.1, 0.15) is 19.4 Å². The summed E-state index contributed by atoms with van der Waals surface area (Å²) in [5.41, 5.74) is 4.88. The fourth-order valence-electron chi connectivity index (χ4n) is 1.20. The molecule has 5 heteroatoms. The maximum atomic E-state index is 13.3. The third-order valence-corrected chi connectivity index (χ3v) is 3.48. The number of thioether (sulfide) groups is 1. The van der Waals surface area contributed by atoms with Gasteiger partial charge in [0.1, 0.15) is 0 Å². The van der Waals surface area contributed by atoms with Crippen molar-refractivity contribution in [3.8, 4) is 0 Å². The second-order valence-corrected chi connectivity index (χ2v) is 5.75. The molecular formula is C11H14ClF2NS. The fraction of sp³-hybridized carbons (Fsp3) is 0.455. The lowest BCUT2D eigenvalue weighted by molar-refractivity contribution is 0.00591. The maximum absolute atomic E-state index is 13.3. The van der Waals surface area contributed by atoms with E-state index in [4.69, 9.17) is 17.3 Å². The minimum absolute atomic E-state index is 0.131. The predicted octanol–water partition coefficient (Wildman–Crippen LogP) is 3.89. The van der Waals surface area contributed by atoms with Crippen LogP contribution in [0.5, 0.6) is 0 Å². The summed E-state index contributed by atoms with van der Waals surface area (Å²) in [7, 11) is 0. The molecule has 0 fully saturated rings. The van der Waals surface area contributed by atoms with Gasteiger partial charge >= 0.3 is 0 Å². The molecule has 0 amide bonds. The van der Waals surface area contributed by atoms with Gasteiger partial charge in [0.25, 0.3) is 5.92 Å². The van der Waals surface area contributed by atoms with E-state index in [-0.39, 0.29) is 5.56 Å². The van der Waals surface area contributed by atoms with Gasteiger partial charge in [-0.2, -0.15) is 8.78 Å². The lowest BCUT2D eigenvalue weighted by Gasteiger charge is -2.16. The third kappa shape index (κ3) is 3.34. The molecule has 0 radical (unpaired) electrons. The van der Waals surface area contributed by atoms with Crippen molar-refractivity contribution in [1.82, 2.24) is 0 Å². The molecule has 0 bridgehead atoms. The summed E-state index contributed by atoms with van der Waals surface area (Å²) in [6.45, 7) is 3.33. The van der Waals surface area contributed by atoms with Crippen LogP contribution in [0.15, 0.2) is 23.1 Å². The highest BCUT2D eigenvalue weighted by Gasteiger charge is 2.29. The summed E-state index contributed by atoms with van der Waals surface area (Å²) in [4.78, 5) is 0.813. The zero-order valence-electron chi connectivity index (χ0n) is 9.14. The van der Waals surface area contributed by atoms with Gasteiger partial charge in [0.05, 0.1) is 11.6 Å². The second-order valence-electron chi connectivity index (χ2n) is 3.72. The van der Waals surface area contributed by atoms with Crippen molar-refractivity contribution >= 4 is 23.4 Å². The molecule has 90 valence electrons. The van der Waals surface area contributed by atoms with Crippen LogP contribution in [0, 0.1) is 0 Å². The minimum Gasteiger partial charge on any atom is -0.325 e. The standard InChI is InChI=1S/C11H14ClF2NS/c1-7(2)16-10-4-3-8(5-9(10)12)11(13,14)6-15/h3-5,7H,6,15H2,1-2H3. The van der Waals surface area contributed by atoms with Crippen molar-refractivity contribution in [2.75, 3.05) is 6.54 Å². The van der Waals surface area contributed by atoms with Gasteiger partial charge in [-0.15, -0.1) is 11.8 Å². The Morgan fingerprint density at radius 2 is 2.06 bits per heavy atom. The van der Waals surface area contributed by atoms with E-state index in [1.807, 2.05) is 13.8 Å². The predicted molar refractivity (Wildman–Crippen MR) is 65.4 cm³/mol. The third-order valence-electron chi connectivity index (χ3n) is 1.97. The zero-order chi connectivity index (χ0) is 12.3. The average molecular weight is 266 g/mol. The van der Waals surface area contributed by atoms with Crippen molar-refractivity contribution in [2.24, 2.45) is 5.73 Å². The van der Waals surface area contributed by atoms with E-state index in [9.17, 15) is 8.78 Å². The van der Waals surface area contributed by atoms with Crippen LogP contribution in [0.25, 0.3) is 0 Å². The number of benzene rings is 1. The van der Waals surface area contributed by atoms with Crippen molar-refractivity contribution in [3.63, 3.8) is 0 Å².